The van der Waals surface area contributed by atoms with Gasteiger partial charge in [0.15, 0.2) is 5.69 Å². The molecule has 2 heterocycles. The second kappa shape index (κ2) is 5.82. The zero-order chi connectivity index (χ0) is 13.0. The van der Waals surface area contributed by atoms with E-state index in [1.807, 2.05) is 6.07 Å². The number of hydrogen-bond acceptors (Lipinski definition) is 5. The summed E-state index contributed by atoms with van der Waals surface area (Å²) in [6, 6.07) is 2.02. The number of nitrogens with zero attached hydrogens (tertiary/aromatic N) is 2. The summed E-state index contributed by atoms with van der Waals surface area (Å²) in [4.78, 5) is 18.1. The minimum Gasteiger partial charge on any atom is -0.464 e. The summed E-state index contributed by atoms with van der Waals surface area (Å²) in [5, 5.41) is 0. The largest absolute Gasteiger partial charge is 0.464 e. The lowest BCUT2D eigenvalue weighted by molar-refractivity contribution is 0.0593. The molecule has 0 aliphatic carbocycles. The fourth-order valence-corrected chi connectivity index (χ4v) is 1.99. The molecule has 0 unspecified atom stereocenters. The average molecular weight is 250 g/mol. The van der Waals surface area contributed by atoms with Gasteiger partial charge in [-0.3, -0.25) is 0 Å². The van der Waals surface area contributed by atoms with Gasteiger partial charge in [-0.15, -0.1) is 0 Å². The molecular formula is C13H18N2O3. The molecule has 2 rings (SSSR count). The van der Waals surface area contributed by atoms with Crippen molar-refractivity contribution in [3.05, 3.63) is 23.5 Å². The molecule has 1 aromatic heterocycles. The number of morpholine rings is 1. The Kier molecular flexibility index (Phi) is 4.15. The normalized spacial score (nSPS) is 15.6. The first-order valence-corrected chi connectivity index (χ1v) is 6.16. The highest BCUT2D eigenvalue weighted by atomic mass is 16.5. The first kappa shape index (κ1) is 12.8. The molecule has 0 N–H and O–H groups in total. The number of hydrogen-bond donors (Lipinski definition) is 0. The Labute approximate surface area is 107 Å². The number of aromatic nitrogens is 1. The fourth-order valence-electron chi connectivity index (χ4n) is 1.99. The zero-order valence-electron chi connectivity index (χ0n) is 10.8. The van der Waals surface area contributed by atoms with Gasteiger partial charge in [-0.25, -0.2) is 9.78 Å². The Morgan fingerprint density at radius 1 is 1.50 bits per heavy atom. The van der Waals surface area contributed by atoms with E-state index in [0.29, 0.717) is 18.9 Å². The van der Waals surface area contributed by atoms with Crippen LogP contribution in [0.2, 0.25) is 0 Å². The van der Waals surface area contributed by atoms with Gasteiger partial charge in [0, 0.05) is 19.3 Å². The summed E-state index contributed by atoms with van der Waals surface area (Å²) in [5.74, 6) is -0.390. The molecule has 0 spiro atoms. The molecule has 98 valence electrons. The van der Waals surface area contributed by atoms with Crippen LogP contribution in [0.25, 0.3) is 0 Å². The van der Waals surface area contributed by atoms with Crippen LogP contribution in [0.3, 0.4) is 0 Å². The number of esters is 1. The van der Waals surface area contributed by atoms with E-state index in [9.17, 15) is 4.79 Å². The highest BCUT2D eigenvalue weighted by Crippen LogP contribution is 2.22. The van der Waals surface area contributed by atoms with Crippen LogP contribution in [-0.4, -0.2) is 44.4 Å². The predicted molar refractivity (Wildman–Crippen MR) is 68.0 cm³/mol. The summed E-state index contributed by atoms with van der Waals surface area (Å²) in [7, 11) is 1.38. The molecule has 1 aliphatic heterocycles. The molecule has 0 aromatic carbocycles. The molecule has 0 amide bonds. The van der Waals surface area contributed by atoms with E-state index in [0.717, 1.165) is 30.8 Å². The van der Waals surface area contributed by atoms with E-state index in [1.54, 1.807) is 6.20 Å². The quantitative estimate of drug-likeness (QED) is 0.756. The van der Waals surface area contributed by atoms with Crippen molar-refractivity contribution in [2.45, 2.75) is 13.3 Å². The lowest BCUT2D eigenvalue weighted by atomic mass is 10.1. The third kappa shape index (κ3) is 2.61. The Balaban J connectivity index is 2.36. The van der Waals surface area contributed by atoms with Crippen molar-refractivity contribution in [1.82, 2.24) is 4.98 Å². The summed E-state index contributed by atoms with van der Waals surface area (Å²) in [6.45, 7) is 4.98. The van der Waals surface area contributed by atoms with Crippen LogP contribution in [-0.2, 0) is 15.9 Å². The molecule has 0 radical (unpaired) electrons. The van der Waals surface area contributed by atoms with Gasteiger partial charge in [0.1, 0.15) is 0 Å². The van der Waals surface area contributed by atoms with E-state index in [2.05, 4.69) is 16.8 Å². The van der Waals surface area contributed by atoms with Crippen molar-refractivity contribution < 1.29 is 14.3 Å². The summed E-state index contributed by atoms with van der Waals surface area (Å²) in [5.41, 5.74) is 2.35. The second-order valence-corrected chi connectivity index (χ2v) is 4.16. The summed E-state index contributed by atoms with van der Waals surface area (Å²) in [6.07, 6.45) is 2.63. The molecule has 1 saturated heterocycles. The Hall–Kier alpha value is -1.62. The number of anilines is 1. The molecule has 5 nitrogen and oxygen atoms in total. The van der Waals surface area contributed by atoms with E-state index < -0.39 is 0 Å². The van der Waals surface area contributed by atoms with Gasteiger partial charge in [-0.2, -0.15) is 0 Å². The Bertz CT molecular complexity index is 428. The third-order valence-electron chi connectivity index (χ3n) is 3.06. The standard InChI is InChI=1S/C13H18N2O3/c1-3-10-8-11(15-4-6-18-7-5-15)12(14-9-10)13(16)17-2/h8-9H,3-7H2,1-2H3. The van der Waals surface area contributed by atoms with Crippen molar-refractivity contribution >= 4 is 11.7 Å². The molecule has 1 aromatic rings. The van der Waals surface area contributed by atoms with Crippen LogP contribution in [0.1, 0.15) is 23.0 Å². The molecular weight excluding hydrogens is 232 g/mol. The van der Waals surface area contributed by atoms with Crippen LogP contribution >= 0.6 is 0 Å². The van der Waals surface area contributed by atoms with E-state index in [1.165, 1.54) is 7.11 Å². The zero-order valence-corrected chi connectivity index (χ0v) is 10.8. The number of ether oxygens (including phenoxy) is 2. The maximum atomic E-state index is 11.7. The molecule has 18 heavy (non-hydrogen) atoms. The highest BCUT2D eigenvalue weighted by molar-refractivity contribution is 5.93. The summed E-state index contributed by atoms with van der Waals surface area (Å²) < 4.78 is 10.1. The van der Waals surface area contributed by atoms with Crippen LogP contribution < -0.4 is 4.90 Å². The minimum absolute atomic E-state index is 0.386. The monoisotopic (exact) mass is 250 g/mol. The van der Waals surface area contributed by atoms with Gasteiger partial charge >= 0.3 is 5.97 Å². The minimum atomic E-state index is -0.390. The molecule has 0 atom stereocenters. The smallest absolute Gasteiger partial charge is 0.358 e. The van der Waals surface area contributed by atoms with Crippen molar-refractivity contribution in [3.63, 3.8) is 0 Å². The van der Waals surface area contributed by atoms with Crippen molar-refractivity contribution in [2.24, 2.45) is 0 Å². The summed E-state index contributed by atoms with van der Waals surface area (Å²) >= 11 is 0. The Morgan fingerprint density at radius 2 is 2.22 bits per heavy atom. The van der Waals surface area contributed by atoms with Gasteiger partial charge in [0.2, 0.25) is 0 Å². The maximum absolute atomic E-state index is 11.7. The molecule has 1 fully saturated rings. The second-order valence-electron chi connectivity index (χ2n) is 4.16. The fraction of sp³-hybridized carbons (Fsp3) is 0.538. The first-order chi connectivity index (χ1) is 8.76. The number of carbonyl (C=O) groups is 1. The van der Waals surface area contributed by atoms with E-state index in [4.69, 9.17) is 9.47 Å². The van der Waals surface area contributed by atoms with E-state index >= 15 is 0 Å². The number of pyridine rings is 1. The van der Waals surface area contributed by atoms with Crippen LogP contribution in [0.5, 0.6) is 0 Å². The lowest BCUT2D eigenvalue weighted by Gasteiger charge is -2.30. The molecule has 0 saturated carbocycles. The van der Waals surface area contributed by atoms with Crippen molar-refractivity contribution in [2.75, 3.05) is 38.3 Å². The van der Waals surface area contributed by atoms with Crippen LogP contribution in [0, 0.1) is 0 Å². The van der Waals surface area contributed by atoms with Gasteiger partial charge in [-0.1, -0.05) is 6.92 Å². The number of methoxy groups -OCH3 is 1. The van der Waals surface area contributed by atoms with Gasteiger partial charge in [-0.05, 0) is 18.1 Å². The third-order valence-corrected chi connectivity index (χ3v) is 3.06. The lowest BCUT2D eigenvalue weighted by Crippen LogP contribution is -2.37. The van der Waals surface area contributed by atoms with Crippen LogP contribution in [0.15, 0.2) is 12.3 Å². The number of rotatable bonds is 3. The average Bonchev–Trinajstić information content (AvgIpc) is 2.46. The molecule has 5 heteroatoms. The predicted octanol–water partition coefficient (Wildman–Crippen LogP) is 1.27. The highest BCUT2D eigenvalue weighted by Gasteiger charge is 2.20. The van der Waals surface area contributed by atoms with Crippen molar-refractivity contribution in [3.8, 4) is 0 Å². The topological polar surface area (TPSA) is 51.7 Å². The molecule has 1 aliphatic rings. The van der Waals surface area contributed by atoms with E-state index in [-0.39, 0.29) is 5.97 Å². The van der Waals surface area contributed by atoms with Crippen LogP contribution in [0.4, 0.5) is 5.69 Å². The number of carbonyl (C=O) groups excluding carboxylic acids is 1. The maximum Gasteiger partial charge on any atom is 0.358 e. The Morgan fingerprint density at radius 3 is 2.83 bits per heavy atom. The SMILES string of the molecule is CCc1cnc(C(=O)OC)c(N2CCOCC2)c1. The first-order valence-electron chi connectivity index (χ1n) is 6.16. The number of aryl methyl sites for hydroxylation is 1. The van der Waals surface area contributed by atoms with Crippen molar-refractivity contribution in [1.29, 1.82) is 0 Å². The van der Waals surface area contributed by atoms with Gasteiger partial charge in [0.05, 0.1) is 26.0 Å². The van der Waals surface area contributed by atoms with Gasteiger partial charge in [0.25, 0.3) is 0 Å². The van der Waals surface area contributed by atoms with Gasteiger partial charge < -0.3 is 14.4 Å². The molecule has 0 bridgehead atoms.